The first-order valence-corrected chi connectivity index (χ1v) is 10.1. The molecule has 3 aromatic rings. The third-order valence-electron chi connectivity index (χ3n) is 3.99. The number of furan rings is 1. The summed E-state index contributed by atoms with van der Waals surface area (Å²) >= 11 is 1.35. The summed E-state index contributed by atoms with van der Waals surface area (Å²) in [6.07, 6.45) is 2.26. The molecule has 6 nitrogen and oxygen atoms in total. The number of nitrogens with one attached hydrogen (secondary N) is 1. The van der Waals surface area contributed by atoms with Gasteiger partial charge in [-0.3, -0.25) is 9.36 Å². The molecule has 0 saturated carbocycles. The molecule has 148 valence electrons. The lowest BCUT2D eigenvalue weighted by Gasteiger charge is -2.11. The number of halogens is 1. The monoisotopic (exact) mass is 402 g/mol. The van der Waals surface area contributed by atoms with Crippen LogP contribution in [0.2, 0.25) is 0 Å². The lowest BCUT2D eigenvalue weighted by molar-refractivity contribution is -0.118. The van der Waals surface area contributed by atoms with Crippen LogP contribution in [0.5, 0.6) is 0 Å². The van der Waals surface area contributed by atoms with Gasteiger partial charge in [0.25, 0.3) is 0 Å². The van der Waals surface area contributed by atoms with E-state index in [9.17, 15) is 9.18 Å². The van der Waals surface area contributed by atoms with Gasteiger partial charge in [-0.1, -0.05) is 37.7 Å². The predicted molar refractivity (Wildman–Crippen MR) is 106 cm³/mol. The number of nitrogens with zero attached hydrogens (tertiary/aromatic N) is 3. The standard InChI is InChI=1S/C20H23FN4O2S/c1-14(2)12-25-19(17-4-3-11-27-17)23-24-20(25)28-13-18(26)22-10-9-15-5-7-16(21)8-6-15/h3-8,11,14H,9-10,12-13H2,1-2H3,(H,22,26). The van der Waals surface area contributed by atoms with Crippen molar-refractivity contribution >= 4 is 17.7 Å². The Kier molecular flexibility index (Phi) is 6.86. The number of thioether (sulfide) groups is 1. The summed E-state index contributed by atoms with van der Waals surface area (Å²) in [5.74, 6) is 1.63. The Hall–Kier alpha value is -2.61. The highest BCUT2D eigenvalue weighted by atomic mass is 32.2. The van der Waals surface area contributed by atoms with Crippen LogP contribution in [-0.4, -0.2) is 33.0 Å². The Morgan fingerprint density at radius 3 is 2.71 bits per heavy atom. The average Bonchev–Trinajstić information content (AvgIpc) is 3.31. The third-order valence-corrected chi connectivity index (χ3v) is 4.95. The molecule has 0 aliphatic heterocycles. The van der Waals surface area contributed by atoms with Crippen LogP contribution in [0.4, 0.5) is 4.39 Å². The largest absolute Gasteiger partial charge is 0.461 e. The number of rotatable bonds is 9. The van der Waals surface area contributed by atoms with E-state index < -0.39 is 0 Å². The van der Waals surface area contributed by atoms with Crippen LogP contribution < -0.4 is 5.32 Å². The van der Waals surface area contributed by atoms with Crippen LogP contribution in [0.3, 0.4) is 0 Å². The molecule has 0 saturated heterocycles. The predicted octanol–water partition coefficient (Wildman–Crippen LogP) is 3.78. The van der Waals surface area contributed by atoms with Crippen molar-refractivity contribution in [1.29, 1.82) is 0 Å². The zero-order chi connectivity index (χ0) is 19.9. The van der Waals surface area contributed by atoms with Crippen LogP contribution >= 0.6 is 11.8 Å². The van der Waals surface area contributed by atoms with Crippen LogP contribution in [0.15, 0.2) is 52.2 Å². The summed E-state index contributed by atoms with van der Waals surface area (Å²) in [5, 5.41) is 12.0. The first-order chi connectivity index (χ1) is 13.5. The van der Waals surface area contributed by atoms with E-state index in [1.54, 1.807) is 18.4 Å². The highest BCUT2D eigenvalue weighted by Crippen LogP contribution is 2.25. The molecule has 1 amide bonds. The summed E-state index contributed by atoms with van der Waals surface area (Å²) in [4.78, 5) is 12.2. The van der Waals surface area contributed by atoms with E-state index in [-0.39, 0.29) is 17.5 Å². The number of carbonyl (C=O) groups excluding carboxylic acids is 1. The van der Waals surface area contributed by atoms with Crippen LogP contribution in [-0.2, 0) is 17.8 Å². The van der Waals surface area contributed by atoms with Gasteiger partial charge in [0, 0.05) is 13.1 Å². The zero-order valence-corrected chi connectivity index (χ0v) is 16.7. The van der Waals surface area contributed by atoms with Gasteiger partial charge >= 0.3 is 0 Å². The summed E-state index contributed by atoms with van der Waals surface area (Å²) < 4.78 is 20.3. The Morgan fingerprint density at radius 2 is 2.04 bits per heavy atom. The highest BCUT2D eigenvalue weighted by molar-refractivity contribution is 7.99. The molecule has 0 aliphatic carbocycles. The minimum absolute atomic E-state index is 0.0780. The maximum Gasteiger partial charge on any atom is 0.230 e. The molecule has 28 heavy (non-hydrogen) atoms. The molecule has 0 bridgehead atoms. The van der Waals surface area contributed by atoms with E-state index in [0.717, 1.165) is 12.1 Å². The molecule has 0 aliphatic rings. The normalized spacial score (nSPS) is 11.1. The second kappa shape index (κ2) is 9.54. The van der Waals surface area contributed by atoms with E-state index in [0.29, 0.717) is 35.6 Å². The fourth-order valence-corrected chi connectivity index (χ4v) is 3.47. The van der Waals surface area contributed by atoms with Crippen molar-refractivity contribution < 1.29 is 13.6 Å². The summed E-state index contributed by atoms with van der Waals surface area (Å²) in [7, 11) is 0. The highest BCUT2D eigenvalue weighted by Gasteiger charge is 2.18. The Labute approximate surface area is 167 Å². The fourth-order valence-electron chi connectivity index (χ4n) is 2.69. The summed E-state index contributed by atoms with van der Waals surface area (Å²) in [5.41, 5.74) is 0.981. The molecule has 1 N–H and O–H groups in total. The zero-order valence-electron chi connectivity index (χ0n) is 15.9. The summed E-state index contributed by atoms with van der Waals surface area (Å²) in [6.45, 7) is 5.46. The molecule has 0 radical (unpaired) electrons. The van der Waals surface area contributed by atoms with Gasteiger partial charge in [-0.15, -0.1) is 10.2 Å². The fraction of sp³-hybridized carbons (Fsp3) is 0.350. The van der Waals surface area contributed by atoms with Crippen molar-refractivity contribution in [3.8, 4) is 11.6 Å². The molecular formula is C20H23FN4O2S. The Bertz CT molecular complexity index is 892. The topological polar surface area (TPSA) is 73.0 Å². The van der Waals surface area contributed by atoms with E-state index in [4.69, 9.17) is 4.42 Å². The van der Waals surface area contributed by atoms with Gasteiger partial charge in [-0.05, 0) is 42.2 Å². The van der Waals surface area contributed by atoms with Crippen molar-refractivity contribution in [3.05, 3.63) is 54.0 Å². The number of carbonyl (C=O) groups is 1. The number of hydrogen-bond donors (Lipinski definition) is 1. The van der Waals surface area contributed by atoms with Gasteiger partial charge in [-0.25, -0.2) is 4.39 Å². The molecule has 2 heterocycles. The molecule has 3 rings (SSSR count). The maximum atomic E-state index is 12.9. The molecule has 0 spiro atoms. The molecule has 1 aromatic carbocycles. The minimum atomic E-state index is -0.261. The van der Waals surface area contributed by atoms with E-state index in [2.05, 4.69) is 29.4 Å². The van der Waals surface area contributed by atoms with Crippen LogP contribution in [0.1, 0.15) is 19.4 Å². The van der Waals surface area contributed by atoms with Crippen molar-refractivity contribution in [2.45, 2.75) is 32.0 Å². The first-order valence-electron chi connectivity index (χ1n) is 9.14. The van der Waals surface area contributed by atoms with Crippen LogP contribution in [0, 0.1) is 11.7 Å². The number of amides is 1. The van der Waals surface area contributed by atoms with Gasteiger partial charge in [0.15, 0.2) is 16.7 Å². The Morgan fingerprint density at radius 1 is 1.25 bits per heavy atom. The molecule has 0 unspecified atom stereocenters. The van der Waals surface area contributed by atoms with E-state index in [1.807, 2.05) is 16.7 Å². The van der Waals surface area contributed by atoms with Gasteiger partial charge in [0.2, 0.25) is 5.91 Å². The van der Waals surface area contributed by atoms with Gasteiger partial charge < -0.3 is 9.73 Å². The minimum Gasteiger partial charge on any atom is -0.461 e. The second-order valence-electron chi connectivity index (χ2n) is 6.80. The maximum absolute atomic E-state index is 12.9. The summed E-state index contributed by atoms with van der Waals surface area (Å²) in [6, 6.07) is 9.94. The van der Waals surface area contributed by atoms with Gasteiger partial charge in [0.05, 0.1) is 12.0 Å². The lowest BCUT2D eigenvalue weighted by Crippen LogP contribution is -2.27. The smallest absolute Gasteiger partial charge is 0.230 e. The molecule has 0 fully saturated rings. The lowest BCUT2D eigenvalue weighted by atomic mass is 10.1. The number of aromatic nitrogens is 3. The van der Waals surface area contributed by atoms with Crippen molar-refractivity contribution in [3.63, 3.8) is 0 Å². The SMILES string of the molecule is CC(C)Cn1c(SCC(=O)NCCc2ccc(F)cc2)nnc1-c1ccco1. The Balaban J connectivity index is 1.54. The quantitative estimate of drug-likeness (QED) is 0.552. The first kappa shape index (κ1) is 20.1. The number of hydrogen-bond acceptors (Lipinski definition) is 5. The van der Waals surface area contributed by atoms with Gasteiger partial charge in [0.1, 0.15) is 5.82 Å². The van der Waals surface area contributed by atoms with Crippen molar-refractivity contribution in [2.75, 3.05) is 12.3 Å². The van der Waals surface area contributed by atoms with Crippen molar-refractivity contribution in [1.82, 2.24) is 20.1 Å². The third kappa shape index (κ3) is 5.45. The molecule has 8 heteroatoms. The van der Waals surface area contributed by atoms with E-state index in [1.165, 1.54) is 23.9 Å². The number of benzene rings is 1. The van der Waals surface area contributed by atoms with Crippen molar-refractivity contribution in [2.24, 2.45) is 5.92 Å². The second-order valence-corrected chi connectivity index (χ2v) is 7.75. The molecule has 2 aromatic heterocycles. The van der Waals surface area contributed by atoms with Gasteiger partial charge in [-0.2, -0.15) is 0 Å². The average molecular weight is 402 g/mol. The molecular weight excluding hydrogens is 379 g/mol. The van der Waals surface area contributed by atoms with Crippen LogP contribution in [0.25, 0.3) is 11.6 Å². The molecule has 0 atom stereocenters. The van der Waals surface area contributed by atoms with E-state index >= 15 is 0 Å².